The molecule has 1 fully saturated rings. The molecule has 4 heterocycles. The molecule has 0 bridgehead atoms. The van der Waals surface area contributed by atoms with Gasteiger partial charge in [0.15, 0.2) is 0 Å². The molecular formula is C22H24ClN7. The lowest BCUT2D eigenvalue weighted by Gasteiger charge is -2.27. The van der Waals surface area contributed by atoms with Gasteiger partial charge in [0.1, 0.15) is 11.5 Å². The molecule has 3 N–H and O–H groups in total. The first kappa shape index (κ1) is 20.0. The molecule has 0 radical (unpaired) electrons. The predicted molar refractivity (Wildman–Crippen MR) is 123 cm³/mol. The van der Waals surface area contributed by atoms with Crippen LogP contribution in [0.3, 0.4) is 0 Å². The summed E-state index contributed by atoms with van der Waals surface area (Å²) in [6.07, 6.45) is 10.5. The van der Waals surface area contributed by atoms with E-state index >= 15 is 0 Å². The van der Waals surface area contributed by atoms with Crippen molar-refractivity contribution in [3.05, 3.63) is 72.4 Å². The minimum atomic E-state index is 0.550. The number of hydrogen-bond acceptors (Lipinski definition) is 6. The van der Waals surface area contributed by atoms with Gasteiger partial charge in [0.05, 0.1) is 34.5 Å². The third kappa shape index (κ3) is 4.63. The SMILES string of the molecule is C=C(Nc1cn[nH]c1C(=C)Nc1ccc(N2CCCCC2)nc1)c1cncc(Cl)c1. The second-order valence-electron chi connectivity index (χ2n) is 7.21. The standard InChI is InChI=1S/C22H24ClN7/c1-15(17-10-18(23)12-24-11-17)28-20-14-26-29-22(20)16(2)27-19-6-7-21(25-13-19)30-8-4-3-5-9-30/h6-7,10-14,27-28H,1-5,8-9H2,(H,26,29). The Morgan fingerprint density at radius 2 is 1.83 bits per heavy atom. The molecule has 4 rings (SSSR count). The Balaban J connectivity index is 1.42. The van der Waals surface area contributed by atoms with Gasteiger partial charge in [-0.15, -0.1) is 0 Å². The van der Waals surface area contributed by atoms with Crippen LogP contribution in [0.2, 0.25) is 5.02 Å². The maximum atomic E-state index is 6.02. The number of anilines is 3. The first-order chi connectivity index (χ1) is 14.6. The summed E-state index contributed by atoms with van der Waals surface area (Å²) in [4.78, 5) is 11.0. The second kappa shape index (κ2) is 9.00. The lowest BCUT2D eigenvalue weighted by molar-refractivity contribution is 0.573. The van der Waals surface area contributed by atoms with Gasteiger partial charge in [-0.1, -0.05) is 24.8 Å². The van der Waals surface area contributed by atoms with Crippen LogP contribution in [0.5, 0.6) is 0 Å². The molecule has 1 saturated heterocycles. The van der Waals surface area contributed by atoms with Crippen LogP contribution < -0.4 is 15.5 Å². The summed E-state index contributed by atoms with van der Waals surface area (Å²) in [7, 11) is 0. The minimum absolute atomic E-state index is 0.550. The molecule has 0 atom stereocenters. The van der Waals surface area contributed by atoms with Gasteiger partial charge in [0, 0.05) is 36.7 Å². The summed E-state index contributed by atoms with van der Waals surface area (Å²) in [5.74, 6) is 1.01. The molecule has 0 unspecified atom stereocenters. The van der Waals surface area contributed by atoms with Crippen LogP contribution >= 0.6 is 11.6 Å². The van der Waals surface area contributed by atoms with Crippen molar-refractivity contribution >= 4 is 40.2 Å². The largest absolute Gasteiger partial charge is 0.357 e. The fourth-order valence-electron chi connectivity index (χ4n) is 3.43. The van der Waals surface area contributed by atoms with Crippen LogP contribution in [-0.4, -0.2) is 33.3 Å². The summed E-state index contributed by atoms with van der Waals surface area (Å²) in [5.41, 5.74) is 4.46. The van der Waals surface area contributed by atoms with E-state index in [4.69, 9.17) is 11.6 Å². The van der Waals surface area contributed by atoms with E-state index in [1.807, 2.05) is 18.3 Å². The van der Waals surface area contributed by atoms with Gasteiger partial charge in [0.2, 0.25) is 0 Å². The predicted octanol–water partition coefficient (Wildman–Crippen LogP) is 5.01. The maximum absolute atomic E-state index is 6.02. The highest BCUT2D eigenvalue weighted by Crippen LogP contribution is 2.26. The molecule has 0 aliphatic carbocycles. The number of nitrogens with one attached hydrogen (secondary N) is 3. The lowest BCUT2D eigenvalue weighted by Crippen LogP contribution is -2.30. The summed E-state index contributed by atoms with van der Waals surface area (Å²) in [6, 6.07) is 5.86. The summed E-state index contributed by atoms with van der Waals surface area (Å²) >= 11 is 6.02. The number of H-pyrrole nitrogens is 1. The first-order valence-electron chi connectivity index (χ1n) is 9.87. The molecule has 8 heteroatoms. The molecule has 0 amide bonds. The zero-order valence-electron chi connectivity index (χ0n) is 16.7. The van der Waals surface area contributed by atoms with Crippen LogP contribution in [0.25, 0.3) is 11.4 Å². The molecule has 1 aliphatic rings. The van der Waals surface area contributed by atoms with E-state index in [-0.39, 0.29) is 0 Å². The number of pyridine rings is 2. The van der Waals surface area contributed by atoms with Gasteiger partial charge < -0.3 is 15.5 Å². The average Bonchev–Trinajstić information content (AvgIpc) is 3.23. The Labute approximate surface area is 180 Å². The quantitative estimate of drug-likeness (QED) is 0.497. The van der Waals surface area contributed by atoms with Crippen molar-refractivity contribution < 1.29 is 0 Å². The van der Waals surface area contributed by atoms with Crippen molar-refractivity contribution in [2.24, 2.45) is 0 Å². The third-order valence-electron chi connectivity index (χ3n) is 5.00. The molecule has 0 spiro atoms. The summed E-state index contributed by atoms with van der Waals surface area (Å²) in [6.45, 7) is 10.3. The Hall–Kier alpha value is -3.32. The van der Waals surface area contributed by atoms with E-state index in [0.29, 0.717) is 16.4 Å². The third-order valence-corrected chi connectivity index (χ3v) is 5.21. The molecule has 1 aliphatic heterocycles. The smallest absolute Gasteiger partial charge is 0.128 e. The number of hydrogen-bond donors (Lipinski definition) is 3. The number of piperidine rings is 1. The number of rotatable bonds is 7. The van der Waals surface area contributed by atoms with Crippen molar-refractivity contribution in [2.75, 3.05) is 28.6 Å². The van der Waals surface area contributed by atoms with E-state index in [9.17, 15) is 0 Å². The normalized spacial score (nSPS) is 13.7. The fourth-order valence-corrected chi connectivity index (χ4v) is 3.60. The van der Waals surface area contributed by atoms with Crippen LogP contribution in [0.4, 0.5) is 17.2 Å². The summed E-state index contributed by atoms with van der Waals surface area (Å²) < 4.78 is 0. The Kier molecular flexibility index (Phi) is 5.99. The van der Waals surface area contributed by atoms with Gasteiger partial charge >= 0.3 is 0 Å². The highest BCUT2D eigenvalue weighted by molar-refractivity contribution is 6.30. The molecule has 154 valence electrons. The van der Waals surface area contributed by atoms with Crippen molar-refractivity contribution in [1.29, 1.82) is 0 Å². The molecule has 7 nitrogen and oxygen atoms in total. The van der Waals surface area contributed by atoms with E-state index in [2.05, 4.69) is 48.9 Å². The Bertz CT molecular complexity index is 1040. The van der Waals surface area contributed by atoms with Crippen LogP contribution in [0, 0.1) is 0 Å². The minimum Gasteiger partial charge on any atom is -0.357 e. The molecule has 0 aromatic carbocycles. The van der Waals surface area contributed by atoms with Gasteiger partial charge in [-0.2, -0.15) is 5.10 Å². The zero-order chi connectivity index (χ0) is 20.9. The number of halogens is 1. The van der Waals surface area contributed by atoms with E-state index < -0.39 is 0 Å². The Morgan fingerprint density at radius 3 is 2.57 bits per heavy atom. The summed E-state index contributed by atoms with van der Waals surface area (Å²) in [5, 5.41) is 14.2. The zero-order valence-corrected chi connectivity index (χ0v) is 17.4. The van der Waals surface area contributed by atoms with E-state index in [0.717, 1.165) is 41.5 Å². The van der Waals surface area contributed by atoms with Gasteiger partial charge in [-0.05, 0) is 37.5 Å². The molecule has 30 heavy (non-hydrogen) atoms. The van der Waals surface area contributed by atoms with Gasteiger partial charge in [-0.25, -0.2) is 4.98 Å². The van der Waals surface area contributed by atoms with Crippen LogP contribution in [0.1, 0.15) is 30.5 Å². The van der Waals surface area contributed by atoms with Crippen LogP contribution in [-0.2, 0) is 0 Å². The molecule has 0 saturated carbocycles. The topological polar surface area (TPSA) is 81.8 Å². The van der Waals surface area contributed by atoms with Crippen LogP contribution in [0.15, 0.2) is 56.1 Å². The fraction of sp³-hybridized carbons (Fsp3) is 0.227. The van der Waals surface area contributed by atoms with Crippen molar-refractivity contribution in [2.45, 2.75) is 19.3 Å². The Morgan fingerprint density at radius 1 is 1.00 bits per heavy atom. The second-order valence-corrected chi connectivity index (χ2v) is 7.65. The van der Waals surface area contributed by atoms with Crippen molar-refractivity contribution in [3.8, 4) is 0 Å². The lowest BCUT2D eigenvalue weighted by atomic mass is 10.1. The number of nitrogens with zero attached hydrogens (tertiary/aromatic N) is 4. The number of aromatic nitrogens is 4. The maximum Gasteiger partial charge on any atom is 0.128 e. The molecular weight excluding hydrogens is 398 g/mol. The van der Waals surface area contributed by atoms with E-state index in [1.165, 1.54) is 19.3 Å². The monoisotopic (exact) mass is 421 g/mol. The van der Waals surface area contributed by atoms with Gasteiger partial charge in [0.25, 0.3) is 0 Å². The van der Waals surface area contributed by atoms with Gasteiger partial charge in [-0.3, -0.25) is 10.1 Å². The first-order valence-corrected chi connectivity index (χ1v) is 10.3. The highest BCUT2D eigenvalue weighted by atomic mass is 35.5. The molecule has 3 aromatic rings. The average molecular weight is 422 g/mol. The number of aromatic amines is 1. The molecule has 3 aromatic heterocycles. The van der Waals surface area contributed by atoms with Crippen molar-refractivity contribution in [1.82, 2.24) is 20.2 Å². The highest BCUT2D eigenvalue weighted by Gasteiger charge is 2.13. The van der Waals surface area contributed by atoms with Crippen molar-refractivity contribution in [3.63, 3.8) is 0 Å². The van der Waals surface area contributed by atoms with E-state index in [1.54, 1.807) is 24.7 Å².